The van der Waals surface area contributed by atoms with Gasteiger partial charge in [0.15, 0.2) is 5.82 Å². The molecule has 3 N–H and O–H groups in total. The lowest BCUT2D eigenvalue weighted by Crippen LogP contribution is -2.30. The van der Waals surface area contributed by atoms with Crippen molar-refractivity contribution >= 4 is 58.7 Å². The Morgan fingerprint density at radius 2 is 1.75 bits per heavy atom. The van der Waals surface area contributed by atoms with Crippen LogP contribution in [0.15, 0.2) is 100 Å². The van der Waals surface area contributed by atoms with E-state index in [4.69, 9.17) is 16.1 Å². The molecule has 0 radical (unpaired) electrons. The molecule has 8 nitrogen and oxygen atoms in total. The van der Waals surface area contributed by atoms with E-state index in [2.05, 4.69) is 21.1 Å². The highest BCUT2D eigenvalue weighted by Crippen LogP contribution is 2.29. The van der Waals surface area contributed by atoms with Crippen LogP contribution in [0.3, 0.4) is 0 Å². The summed E-state index contributed by atoms with van der Waals surface area (Å²) in [6, 6.07) is 24.4. The summed E-state index contributed by atoms with van der Waals surface area (Å²) in [7, 11) is 0. The number of nitrogens with one attached hydrogen (secondary N) is 3. The van der Waals surface area contributed by atoms with Crippen molar-refractivity contribution in [3.05, 3.63) is 113 Å². The van der Waals surface area contributed by atoms with Crippen LogP contribution in [0.4, 0.5) is 11.5 Å². The molecule has 0 aliphatic rings. The summed E-state index contributed by atoms with van der Waals surface area (Å²) >= 11 is 7.49. The zero-order valence-corrected chi connectivity index (χ0v) is 23.4. The number of halogens is 1. The summed E-state index contributed by atoms with van der Waals surface area (Å²) in [5.41, 5.74) is 1.61. The number of aryl methyl sites for hydroxylation is 1. The molecule has 4 rings (SSSR count). The molecule has 10 heteroatoms. The zero-order valence-electron chi connectivity index (χ0n) is 21.8. The molecule has 0 bridgehead atoms. The van der Waals surface area contributed by atoms with Crippen LogP contribution in [0.1, 0.15) is 35.0 Å². The van der Waals surface area contributed by atoms with Gasteiger partial charge in [0.1, 0.15) is 11.5 Å². The fraction of sp³-hybridized carbons (Fsp3) is 0.133. The third-order valence-corrected chi connectivity index (χ3v) is 7.19. The number of rotatable bonds is 10. The molecule has 1 aromatic heterocycles. The number of anilines is 2. The van der Waals surface area contributed by atoms with E-state index in [1.807, 2.05) is 13.0 Å². The van der Waals surface area contributed by atoms with Gasteiger partial charge in [0.25, 0.3) is 11.8 Å². The maximum Gasteiger partial charge on any atom is 0.272 e. The number of nitrogens with zero attached hydrogens (tertiary/aromatic N) is 1. The number of carbonyl (C=O) groups is 3. The highest BCUT2D eigenvalue weighted by Gasteiger charge is 2.20. The fourth-order valence-corrected chi connectivity index (χ4v) is 4.88. The third-order valence-electron chi connectivity index (χ3n) is 5.60. The van der Waals surface area contributed by atoms with Crippen molar-refractivity contribution in [1.82, 2.24) is 10.5 Å². The summed E-state index contributed by atoms with van der Waals surface area (Å²) in [5, 5.41) is 12.2. The van der Waals surface area contributed by atoms with Crippen molar-refractivity contribution in [3.63, 3.8) is 0 Å². The lowest BCUT2D eigenvalue weighted by Gasteiger charge is -2.15. The molecule has 3 amide bonds. The Kier molecular flexibility index (Phi) is 9.77. The van der Waals surface area contributed by atoms with Crippen LogP contribution in [0.25, 0.3) is 6.08 Å². The minimum Gasteiger partial charge on any atom is -0.360 e. The normalized spacial score (nSPS) is 11.9. The zero-order chi connectivity index (χ0) is 28.5. The molecule has 1 atom stereocenters. The Morgan fingerprint density at radius 1 is 0.975 bits per heavy atom. The third kappa shape index (κ3) is 8.08. The van der Waals surface area contributed by atoms with Crippen LogP contribution in [-0.2, 0) is 9.59 Å². The van der Waals surface area contributed by atoms with E-state index in [1.165, 1.54) is 11.8 Å². The Labute approximate surface area is 241 Å². The maximum absolute atomic E-state index is 13.4. The second-order valence-electron chi connectivity index (χ2n) is 8.74. The molecule has 0 saturated carbocycles. The van der Waals surface area contributed by atoms with Gasteiger partial charge in [-0.05, 0) is 67.4 Å². The van der Waals surface area contributed by atoms with Crippen molar-refractivity contribution in [2.45, 2.75) is 30.4 Å². The molecule has 3 aromatic carbocycles. The Morgan fingerprint density at radius 3 is 2.45 bits per heavy atom. The second-order valence-corrected chi connectivity index (χ2v) is 10.5. The van der Waals surface area contributed by atoms with Crippen molar-refractivity contribution in [1.29, 1.82) is 0 Å². The first-order chi connectivity index (χ1) is 19.3. The van der Waals surface area contributed by atoms with Gasteiger partial charge in [0.05, 0.1) is 5.25 Å². The van der Waals surface area contributed by atoms with Crippen LogP contribution in [0.2, 0.25) is 5.02 Å². The van der Waals surface area contributed by atoms with E-state index in [-0.39, 0.29) is 11.6 Å². The summed E-state index contributed by atoms with van der Waals surface area (Å²) in [6.45, 7) is 3.66. The molecule has 0 fully saturated rings. The van der Waals surface area contributed by atoms with E-state index in [1.54, 1.807) is 91.9 Å². The standard InChI is InChI=1S/C30H27ClN4O4S/c1-3-26(30(38)34-27-15-19(2)39-35-27)40-24-14-8-13-23(18-24)32-29(37)25(17-20-9-7-12-22(31)16-20)33-28(36)21-10-5-4-6-11-21/h4-18,26H,3H2,1-2H3,(H,32,37)(H,33,36)(H,34,35,38)/b25-17-. The summed E-state index contributed by atoms with van der Waals surface area (Å²) in [4.78, 5) is 39.8. The van der Waals surface area contributed by atoms with Gasteiger partial charge in [-0.3, -0.25) is 14.4 Å². The smallest absolute Gasteiger partial charge is 0.272 e. The average molecular weight is 575 g/mol. The Balaban J connectivity index is 1.50. The number of aromatic nitrogens is 1. The van der Waals surface area contributed by atoms with Crippen molar-refractivity contribution in [2.75, 3.05) is 10.6 Å². The molecule has 1 heterocycles. The van der Waals surface area contributed by atoms with Gasteiger partial charge in [-0.1, -0.05) is 60.1 Å². The second kappa shape index (κ2) is 13.6. The van der Waals surface area contributed by atoms with Crippen LogP contribution < -0.4 is 16.0 Å². The molecule has 40 heavy (non-hydrogen) atoms. The fourth-order valence-electron chi connectivity index (χ4n) is 3.67. The molecule has 0 aliphatic heterocycles. The number of carbonyl (C=O) groups excluding carboxylic acids is 3. The SMILES string of the molecule is CCC(Sc1cccc(NC(=O)/C(=C/c2cccc(Cl)c2)NC(=O)c2ccccc2)c1)C(=O)Nc1cc(C)on1. The minimum absolute atomic E-state index is 0.0443. The van der Waals surface area contributed by atoms with Crippen molar-refractivity contribution in [2.24, 2.45) is 0 Å². The van der Waals surface area contributed by atoms with Gasteiger partial charge in [0, 0.05) is 27.2 Å². The summed E-state index contributed by atoms with van der Waals surface area (Å²) in [5.74, 6) is -0.182. The molecular weight excluding hydrogens is 548 g/mol. The van der Waals surface area contributed by atoms with Crippen LogP contribution in [0, 0.1) is 6.92 Å². The number of hydrogen-bond donors (Lipinski definition) is 3. The molecule has 1 unspecified atom stereocenters. The van der Waals surface area contributed by atoms with Gasteiger partial charge in [-0.25, -0.2) is 0 Å². The lowest BCUT2D eigenvalue weighted by atomic mass is 10.1. The highest BCUT2D eigenvalue weighted by atomic mass is 35.5. The van der Waals surface area contributed by atoms with Crippen LogP contribution >= 0.6 is 23.4 Å². The molecule has 0 saturated heterocycles. The average Bonchev–Trinajstić information content (AvgIpc) is 3.36. The van der Waals surface area contributed by atoms with E-state index in [0.717, 1.165) is 4.90 Å². The van der Waals surface area contributed by atoms with E-state index >= 15 is 0 Å². The maximum atomic E-state index is 13.4. The number of thioether (sulfide) groups is 1. The Hall–Kier alpha value is -4.34. The number of benzene rings is 3. The van der Waals surface area contributed by atoms with Crippen molar-refractivity contribution < 1.29 is 18.9 Å². The summed E-state index contributed by atoms with van der Waals surface area (Å²) in [6.07, 6.45) is 2.13. The lowest BCUT2D eigenvalue weighted by molar-refractivity contribution is -0.116. The van der Waals surface area contributed by atoms with E-state index in [0.29, 0.717) is 39.8 Å². The topological polar surface area (TPSA) is 113 Å². The molecule has 4 aromatic rings. The predicted molar refractivity (Wildman–Crippen MR) is 158 cm³/mol. The van der Waals surface area contributed by atoms with Crippen LogP contribution in [-0.4, -0.2) is 28.1 Å². The minimum atomic E-state index is -0.516. The van der Waals surface area contributed by atoms with Gasteiger partial charge >= 0.3 is 0 Å². The predicted octanol–water partition coefficient (Wildman–Crippen LogP) is 6.56. The summed E-state index contributed by atoms with van der Waals surface area (Å²) < 4.78 is 5.01. The van der Waals surface area contributed by atoms with E-state index in [9.17, 15) is 14.4 Å². The molecule has 0 spiro atoms. The molecule has 204 valence electrons. The number of hydrogen-bond acceptors (Lipinski definition) is 6. The largest absolute Gasteiger partial charge is 0.360 e. The molecule has 0 aliphatic carbocycles. The monoisotopic (exact) mass is 574 g/mol. The first-order valence-electron chi connectivity index (χ1n) is 12.5. The Bertz CT molecular complexity index is 1540. The molecular formula is C30H27ClN4O4S. The van der Waals surface area contributed by atoms with Crippen LogP contribution in [0.5, 0.6) is 0 Å². The quantitative estimate of drug-likeness (QED) is 0.146. The van der Waals surface area contributed by atoms with Gasteiger partial charge in [0.2, 0.25) is 5.91 Å². The number of amides is 3. The first-order valence-corrected chi connectivity index (χ1v) is 13.7. The van der Waals surface area contributed by atoms with Gasteiger partial charge in [-0.2, -0.15) is 0 Å². The van der Waals surface area contributed by atoms with Gasteiger partial charge < -0.3 is 20.5 Å². The first kappa shape index (κ1) is 28.7. The van der Waals surface area contributed by atoms with Gasteiger partial charge in [-0.15, -0.1) is 11.8 Å². The van der Waals surface area contributed by atoms with E-state index < -0.39 is 17.1 Å². The van der Waals surface area contributed by atoms with Crippen molar-refractivity contribution in [3.8, 4) is 0 Å². The highest BCUT2D eigenvalue weighted by molar-refractivity contribution is 8.00.